The molecule has 0 aromatic heterocycles. The Bertz CT molecular complexity index is 79.4. The lowest BCUT2D eigenvalue weighted by atomic mass is 10.2. The van der Waals surface area contributed by atoms with Gasteiger partial charge in [-0.15, -0.1) is 0 Å². The average molecular weight is 158 g/mol. The van der Waals surface area contributed by atoms with E-state index in [1.165, 1.54) is 0 Å². The molecule has 3 N–H and O–H groups in total. The van der Waals surface area contributed by atoms with Crippen molar-refractivity contribution in [3.05, 3.63) is 6.92 Å². The summed E-state index contributed by atoms with van der Waals surface area (Å²) in [5.41, 5.74) is 8.45. The number of hydrogen-bond donors (Lipinski definition) is 2. The fourth-order valence-electron chi connectivity index (χ4n) is 0.969. The molecule has 67 valence electrons. The lowest BCUT2D eigenvalue weighted by Crippen LogP contribution is -2.47. The van der Waals surface area contributed by atoms with E-state index in [-0.39, 0.29) is 0 Å². The quantitative estimate of drug-likeness (QED) is 0.442. The molecule has 0 aromatic rings. The maximum absolute atomic E-state index is 5.37. The molecule has 0 fully saturated rings. The molecule has 0 aliphatic carbocycles. The van der Waals surface area contributed by atoms with Crippen molar-refractivity contribution in [1.29, 1.82) is 0 Å². The second kappa shape index (κ2) is 6.58. The van der Waals surface area contributed by atoms with Crippen LogP contribution in [0.4, 0.5) is 0 Å². The van der Waals surface area contributed by atoms with E-state index in [9.17, 15) is 0 Å². The fourth-order valence-corrected chi connectivity index (χ4v) is 0.969. The number of nitrogens with one attached hydrogen (secondary N) is 1. The van der Waals surface area contributed by atoms with Crippen molar-refractivity contribution in [2.75, 3.05) is 13.2 Å². The zero-order chi connectivity index (χ0) is 8.69. The maximum Gasteiger partial charge on any atom is 0.0567 e. The minimum Gasteiger partial charge on any atom is -0.317 e. The number of hydrogen-bond acceptors (Lipinski definition) is 3. The summed E-state index contributed by atoms with van der Waals surface area (Å²) < 4.78 is 0. The fraction of sp³-hybridized carbons (Fsp3) is 0.875. The monoisotopic (exact) mass is 158 g/mol. The van der Waals surface area contributed by atoms with Crippen LogP contribution in [0.5, 0.6) is 0 Å². The Morgan fingerprint density at radius 1 is 1.55 bits per heavy atom. The van der Waals surface area contributed by atoms with Gasteiger partial charge in [0.2, 0.25) is 0 Å². The molecule has 0 spiro atoms. The molecular weight excluding hydrogens is 138 g/mol. The van der Waals surface area contributed by atoms with Gasteiger partial charge < -0.3 is 5.73 Å². The van der Waals surface area contributed by atoms with Gasteiger partial charge in [-0.1, -0.05) is 13.8 Å². The number of rotatable bonds is 6. The highest BCUT2D eigenvalue weighted by Gasteiger charge is 2.08. The van der Waals surface area contributed by atoms with E-state index in [0.717, 1.165) is 19.4 Å². The van der Waals surface area contributed by atoms with Crippen molar-refractivity contribution in [3.63, 3.8) is 0 Å². The first-order valence-corrected chi connectivity index (χ1v) is 4.29. The highest BCUT2D eigenvalue weighted by molar-refractivity contribution is 4.68. The Morgan fingerprint density at radius 2 is 2.18 bits per heavy atom. The van der Waals surface area contributed by atoms with Crippen LogP contribution in [0.2, 0.25) is 0 Å². The van der Waals surface area contributed by atoms with Crippen LogP contribution in [0, 0.1) is 6.92 Å². The van der Waals surface area contributed by atoms with Crippen molar-refractivity contribution < 1.29 is 0 Å². The van der Waals surface area contributed by atoms with Crippen molar-refractivity contribution in [2.45, 2.75) is 32.7 Å². The minimum absolute atomic E-state index is 0.332. The summed E-state index contributed by atoms with van der Waals surface area (Å²) in [5.74, 6) is 0. The van der Waals surface area contributed by atoms with Crippen LogP contribution < -0.4 is 11.2 Å². The molecule has 0 bridgehead atoms. The smallest absolute Gasteiger partial charge is 0.0567 e. The summed E-state index contributed by atoms with van der Waals surface area (Å²) in [7, 11) is 0. The summed E-state index contributed by atoms with van der Waals surface area (Å²) in [6, 6.07) is 0.332. The predicted octanol–water partition coefficient (Wildman–Crippen LogP) is 0.732. The molecule has 0 amide bonds. The van der Waals surface area contributed by atoms with Gasteiger partial charge in [0.05, 0.1) is 6.67 Å². The van der Waals surface area contributed by atoms with Gasteiger partial charge in [-0.05, 0) is 19.8 Å². The third-order valence-electron chi connectivity index (χ3n) is 1.67. The molecule has 0 aliphatic heterocycles. The first-order chi connectivity index (χ1) is 5.26. The van der Waals surface area contributed by atoms with E-state index >= 15 is 0 Å². The molecule has 0 saturated heterocycles. The molecule has 0 heterocycles. The SMILES string of the molecule is [CH2]C(CC)N(CCC)NCN. The van der Waals surface area contributed by atoms with Crippen LogP contribution in [0.15, 0.2) is 0 Å². The van der Waals surface area contributed by atoms with Gasteiger partial charge in [0.15, 0.2) is 0 Å². The van der Waals surface area contributed by atoms with Crippen LogP contribution in [-0.4, -0.2) is 24.3 Å². The van der Waals surface area contributed by atoms with E-state index in [1.807, 2.05) is 0 Å². The van der Waals surface area contributed by atoms with E-state index < -0.39 is 0 Å². The average Bonchev–Trinajstić information content (AvgIpc) is 2.03. The summed E-state index contributed by atoms with van der Waals surface area (Å²) in [6.07, 6.45) is 2.17. The van der Waals surface area contributed by atoms with Gasteiger partial charge in [0.1, 0.15) is 0 Å². The van der Waals surface area contributed by atoms with Gasteiger partial charge in [-0.25, -0.2) is 10.4 Å². The van der Waals surface area contributed by atoms with Gasteiger partial charge in [0, 0.05) is 12.6 Å². The van der Waals surface area contributed by atoms with Crippen LogP contribution in [-0.2, 0) is 0 Å². The first kappa shape index (κ1) is 10.9. The zero-order valence-corrected chi connectivity index (χ0v) is 7.64. The van der Waals surface area contributed by atoms with Crippen LogP contribution >= 0.6 is 0 Å². The molecule has 1 unspecified atom stereocenters. The zero-order valence-electron chi connectivity index (χ0n) is 7.64. The third-order valence-corrected chi connectivity index (χ3v) is 1.67. The van der Waals surface area contributed by atoms with E-state index in [4.69, 9.17) is 5.73 Å². The normalized spacial score (nSPS) is 13.9. The van der Waals surface area contributed by atoms with Gasteiger partial charge in [0.25, 0.3) is 0 Å². The van der Waals surface area contributed by atoms with Crippen molar-refractivity contribution in [1.82, 2.24) is 10.4 Å². The second-order valence-electron chi connectivity index (χ2n) is 2.62. The molecule has 11 heavy (non-hydrogen) atoms. The lowest BCUT2D eigenvalue weighted by Gasteiger charge is -2.27. The van der Waals surface area contributed by atoms with Crippen LogP contribution in [0.25, 0.3) is 0 Å². The molecule has 0 saturated carbocycles. The Balaban J connectivity index is 3.66. The summed E-state index contributed by atoms with van der Waals surface area (Å²) in [4.78, 5) is 0. The maximum atomic E-state index is 5.37. The Labute approximate surface area is 69.9 Å². The van der Waals surface area contributed by atoms with Crippen molar-refractivity contribution in [2.24, 2.45) is 5.73 Å². The third kappa shape index (κ3) is 4.35. The molecule has 1 atom stereocenters. The Morgan fingerprint density at radius 3 is 2.55 bits per heavy atom. The standard InChI is InChI=1S/C8H20N3/c1-4-6-11(10-7-9)8(3)5-2/h8,10H,3-7,9H2,1-2H3. The van der Waals surface area contributed by atoms with Crippen molar-refractivity contribution in [3.8, 4) is 0 Å². The van der Waals surface area contributed by atoms with Crippen molar-refractivity contribution >= 4 is 0 Å². The second-order valence-corrected chi connectivity index (χ2v) is 2.62. The molecule has 3 nitrogen and oxygen atoms in total. The highest BCUT2D eigenvalue weighted by atomic mass is 15.5. The van der Waals surface area contributed by atoms with E-state index in [1.54, 1.807) is 0 Å². The number of nitrogens with zero attached hydrogens (tertiary/aromatic N) is 1. The van der Waals surface area contributed by atoms with Gasteiger partial charge in [-0.2, -0.15) is 0 Å². The minimum atomic E-state index is 0.332. The number of hydrazine groups is 1. The highest BCUT2D eigenvalue weighted by Crippen LogP contribution is 1.99. The van der Waals surface area contributed by atoms with Crippen LogP contribution in [0.3, 0.4) is 0 Å². The Hall–Kier alpha value is -0.120. The summed E-state index contributed by atoms with van der Waals surface area (Å²) in [5, 5.41) is 2.10. The summed E-state index contributed by atoms with van der Waals surface area (Å²) in [6.45, 7) is 9.78. The predicted molar refractivity (Wildman–Crippen MR) is 48.6 cm³/mol. The van der Waals surface area contributed by atoms with E-state index in [0.29, 0.717) is 12.7 Å². The first-order valence-electron chi connectivity index (χ1n) is 4.29. The Kier molecular flexibility index (Phi) is 6.51. The molecule has 0 aromatic carbocycles. The number of nitrogens with two attached hydrogens (primary N) is 1. The van der Waals surface area contributed by atoms with Gasteiger partial charge in [-0.3, -0.25) is 0 Å². The lowest BCUT2D eigenvalue weighted by molar-refractivity contribution is 0.147. The molecular formula is C8H20N3. The van der Waals surface area contributed by atoms with E-state index in [2.05, 4.69) is 31.2 Å². The topological polar surface area (TPSA) is 41.3 Å². The molecule has 0 rings (SSSR count). The molecule has 0 aliphatic rings. The molecule has 1 radical (unpaired) electrons. The van der Waals surface area contributed by atoms with Crippen LogP contribution in [0.1, 0.15) is 26.7 Å². The largest absolute Gasteiger partial charge is 0.317 e. The van der Waals surface area contributed by atoms with Gasteiger partial charge >= 0.3 is 0 Å². The molecule has 3 heteroatoms. The summed E-state index contributed by atoms with van der Waals surface area (Å²) >= 11 is 0.